The molecule has 0 saturated carbocycles. The highest BCUT2D eigenvalue weighted by atomic mass is 35.5. The van der Waals surface area contributed by atoms with Crippen LogP contribution < -0.4 is 0 Å². The van der Waals surface area contributed by atoms with Crippen LogP contribution in [0.25, 0.3) is 0 Å². The molecular weight excluding hydrogens is 250 g/mol. The molecule has 0 radical (unpaired) electrons. The van der Waals surface area contributed by atoms with E-state index in [4.69, 9.17) is 11.6 Å². The Labute approximate surface area is 112 Å². The molecular formula is C12H18ClN5. The molecule has 0 bridgehead atoms. The lowest BCUT2D eigenvalue weighted by Gasteiger charge is -2.38. The Bertz CT molecular complexity index is 428. The van der Waals surface area contributed by atoms with Crippen molar-refractivity contribution in [2.45, 2.75) is 25.9 Å². The Morgan fingerprint density at radius 1 is 1.33 bits per heavy atom. The van der Waals surface area contributed by atoms with Crippen molar-refractivity contribution in [3.05, 3.63) is 17.2 Å². The predicted molar refractivity (Wildman–Crippen MR) is 70.2 cm³/mol. The van der Waals surface area contributed by atoms with Gasteiger partial charge < -0.3 is 4.98 Å². The molecule has 1 aliphatic rings. The van der Waals surface area contributed by atoms with E-state index in [1.807, 2.05) is 0 Å². The van der Waals surface area contributed by atoms with Crippen molar-refractivity contribution >= 4 is 11.6 Å². The molecule has 1 saturated heterocycles. The largest absolute Gasteiger partial charge is 0.345 e. The van der Waals surface area contributed by atoms with Crippen molar-refractivity contribution in [2.24, 2.45) is 0 Å². The van der Waals surface area contributed by atoms with E-state index in [0.29, 0.717) is 16.9 Å². The molecule has 1 unspecified atom stereocenters. The molecule has 0 spiro atoms. The van der Waals surface area contributed by atoms with Gasteiger partial charge in [-0.25, -0.2) is 4.98 Å². The fraction of sp³-hybridized carbons (Fsp3) is 0.667. The van der Waals surface area contributed by atoms with E-state index in [-0.39, 0.29) is 6.04 Å². The van der Waals surface area contributed by atoms with Crippen LogP contribution in [0.3, 0.4) is 0 Å². The monoisotopic (exact) mass is 267 g/mol. The van der Waals surface area contributed by atoms with Gasteiger partial charge in [0.2, 0.25) is 0 Å². The maximum absolute atomic E-state index is 9.34. The van der Waals surface area contributed by atoms with Crippen LogP contribution in [-0.4, -0.2) is 52.0 Å². The van der Waals surface area contributed by atoms with Gasteiger partial charge in [0.1, 0.15) is 6.04 Å². The van der Waals surface area contributed by atoms with Crippen molar-refractivity contribution in [3.63, 3.8) is 0 Å². The lowest BCUT2D eigenvalue weighted by Crippen LogP contribution is -2.49. The molecule has 1 N–H and O–H groups in total. The highest BCUT2D eigenvalue weighted by Crippen LogP contribution is 2.25. The number of nitriles is 1. The van der Waals surface area contributed by atoms with Gasteiger partial charge in [-0.15, -0.1) is 0 Å². The zero-order chi connectivity index (χ0) is 13.1. The standard InChI is InChI=1S/C12H18ClN5/c1-9(2)17-3-5-18(6-4-17)10(7-14)11-12(13)16-8-15-11/h8-10H,3-6H2,1-2H3,(H,15,16). The summed E-state index contributed by atoms with van der Waals surface area (Å²) in [6.07, 6.45) is 1.53. The van der Waals surface area contributed by atoms with Crippen LogP contribution >= 0.6 is 11.6 Å². The lowest BCUT2D eigenvalue weighted by molar-refractivity contribution is 0.0922. The zero-order valence-electron chi connectivity index (χ0n) is 10.7. The van der Waals surface area contributed by atoms with Crippen molar-refractivity contribution in [1.29, 1.82) is 5.26 Å². The number of nitrogens with zero attached hydrogens (tertiary/aromatic N) is 4. The van der Waals surface area contributed by atoms with Gasteiger partial charge in [0.05, 0.1) is 18.1 Å². The normalized spacial score (nSPS) is 19.9. The predicted octanol–water partition coefficient (Wildman–Crippen LogP) is 1.65. The number of nitrogens with one attached hydrogen (secondary N) is 1. The van der Waals surface area contributed by atoms with E-state index in [9.17, 15) is 5.26 Å². The second-order valence-electron chi connectivity index (χ2n) is 4.80. The number of piperazine rings is 1. The van der Waals surface area contributed by atoms with Crippen molar-refractivity contribution in [3.8, 4) is 6.07 Å². The molecule has 0 aliphatic carbocycles. The Hall–Kier alpha value is -1.09. The molecule has 5 nitrogen and oxygen atoms in total. The fourth-order valence-corrected chi connectivity index (χ4v) is 2.53. The Kier molecular flexibility index (Phi) is 4.23. The third kappa shape index (κ3) is 2.66. The minimum atomic E-state index is -0.325. The lowest BCUT2D eigenvalue weighted by atomic mass is 10.1. The number of rotatable bonds is 3. The van der Waals surface area contributed by atoms with Crippen LogP contribution in [0.4, 0.5) is 0 Å². The van der Waals surface area contributed by atoms with Gasteiger partial charge in [-0.05, 0) is 13.8 Å². The molecule has 2 heterocycles. The van der Waals surface area contributed by atoms with Crippen LogP contribution in [0.1, 0.15) is 25.6 Å². The minimum absolute atomic E-state index is 0.325. The SMILES string of the molecule is CC(C)N1CCN(C(C#N)c2[nH]cnc2Cl)CC1. The molecule has 0 amide bonds. The summed E-state index contributed by atoms with van der Waals surface area (Å²) in [6.45, 7) is 8.13. The quantitative estimate of drug-likeness (QED) is 0.905. The molecule has 6 heteroatoms. The summed E-state index contributed by atoms with van der Waals surface area (Å²) in [6, 6.07) is 2.54. The fourth-order valence-electron chi connectivity index (χ4n) is 2.32. The van der Waals surface area contributed by atoms with E-state index in [0.717, 1.165) is 26.2 Å². The Balaban J connectivity index is 2.04. The summed E-state index contributed by atoms with van der Waals surface area (Å²) < 4.78 is 0. The molecule has 1 aliphatic heterocycles. The first-order valence-corrected chi connectivity index (χ1v) is 6.57. The van der Waals surface area contributed by atoms with E-state index in [1.54, 1.807) is 0 Å². The number of H-pyrrole nitrogens is 1. The van der Waals surface area contributed by atoms with Crippen LogP contribution in [-0.2, 0) is 0 Å². The second kappa shape index (κ2) is 5.70. The Morgan fingerprint density at radius 2 is 1.94 bits per heavy atom. The minimum Gasteiger partial charge on any atom is -0.345 e. The van der Waals surface area contributed by atoms with Gasteiger partial charge >= 0.3 is 0 Å². The number of hydrogen-bond acceptors (Lipinski definition) is 4. The van der Waals surface area contributed by atoms with Crippen molar-refractivity contribution in [1.82, 2.24) is 19.8 Å². The smallest absolute Gasteiger partial charge is 0.152 e. The van der Waals surface area contributed by atoms with Gasteiger partial charge in [-0.2, -0.15) is 5.26 Å². The van der Waals surface area contributed by atoms with E-state index >= 15 is 0 Å². The topological polar surface area (TPSA) is 59.0 Å². The molecule has 1 fully saturated rings. The third-order valence-electron chi connectivity index (χ3n) is 3.46. The summed E-state index contributed by atoms with van der Waals surface area (Å²) >= 11 is 5.98. The maximum atomic E-state index is 9.34. The highest BCUT2D eigenvalue weighted by molar-refractivity contribution is 6.30. The number of hydrogen-bond donors (Lipinski definition) is 1. The molecule has 1 atom stereocenters. The number of imidazole rings is 1. The summed E-state index contributed by atoms with van der Waals surface area (Å²) in [5.74, 6) is 0. The van der Waals surface area contributed by atoms with Gasteiger partial charge in [0.15, 0.2) is 5.15 Å². The van der Waals surface area contributed by atoms with Gasteiger partial charge in [0.25, 0.3) is 0 Å². The van der Waals surface area contributed by atoms with Crippen LogP contribution in [0, 0.1) is 11.3 Å². The molecule has 98 valence electrons. The van der Waals surface area contributed by atoms with E-state index in [1.165, 1.54) is 6.33 Å². The van der Waals surface area contributed by atoms with Crippen molar-refractivity contribution < 1.29 is 0 Å². The molecule has 1 aromatic heterocycles. The van der Waals surface area contributed by atoms with Crippen molar-refractivity contribution in [2.75, 3.05) is 26.2 Å². The zero-order valence-corrected chi connectivity index (χ0v) is 11.5. The molecule has 1 aromatic rings. The number of aromatic nitrogens is 2. The van der Waals surface area contributed by atoms with Gasteiger partial charge in [-0.3, -0.25) is 9.80 Å². The maximum Gasteiger partial charge on any atom is 0.152 e. The first kappa shape index (κ1) is 13.3. The molecule has 2 rings (SSSR count). The average molecular weight is 268 g/mol. The molecule has 18 heavy (non-hydrogen) atoms. The van der Waals surface area contributed by atoms with Gasteiger partial charge in [-0.1, -0.05) is 11.6 Å². The average Bonchev–Trinajstić information content (AvgIpc) is 2.78. The number of halogens is 1. The first-order chi connectivity index (χ1) is 8.63. The summed E-state index contributed by atoms with van der Waals surface area (Å²) in [4.78, 5) is 11.5. The van der Waals surface area contributed by atoms with Crippen LogP contribution in [0.15, 0.2) is 6.33 Å². The summed E-state index contributed by atoms with van der Waals surface area (Å²) in [5, 5.41) is 9.73. The third-order valence-corrected chi connectivity index (χ3v) is 3.76. The van der Waals surface area contributed by atoms with E-state index in [2.05, 4.69) is 39.7 Å². The summed E-state index contributed by atoms with van der Waals surface area (Å²) in [5.41, 5.74) is 0.706. The second-order valence-corrected chi connectivity index (χ2v) is 5.16. The van der Waals surface area contributed by atoms with Crippen LogP contribution in [0.5, 0.6) is 0 Å². The van der Waals surface area contributed by atoms with Gasteiger partial charge in [0, 0.05) is 32.2 Å². The number of aromatic amines is 1. The molecule has 0 aromatic carbocycles. The van der Waals surface area contributed by atoms with Crippen LogP contribution in [0.2, 0.25) is 5.15 Å². The first-order valence-electron chi connectivity index (χ1n) is 6.20. The summed E-state index contributed by atoms with van der Waals surface area (Å²) in [7, 11) is 0. The highest BCUT2D eigenvalue weighted by Gasteiger charge is 2.28. The Morgan fingerprint density at radius 3 is 2.39 bits per heavy atom. The van der Waals surface area contributed by atoms with E-state index < -0.39 is 0 Å².